The Morgan fingerprint density at radius 1 is 0.500 bits per heavy atom. The van der Waals surface area contributed by atoms with Gasteiger partial charge in [-0.2, -0.15) is 0 Å². The predicted octanol–water partition coefficient (Wildman–Crippen LogP) is 18.1. The van der Waals surface area contributed by atoms with Gasteiger partial charge in [-0.25, -0.2) is 4.57 Å². The minimum Gasteiger partial charge on any atom is -0.391 e. The lowest BCUT2D eigenvalue weighted by Crippen LogP contribution is -2.46. The van der Waals surface area contributed by atoms with Crippen LogP contribution in [0.25, 0.3) is 0 Å². The molecule has 0 rings (SSSR count). The number of carbonyl (C=O) groups excluding carboxylic acids is 1. The number of carbonyl (C=O) groups is 1. The Labute approximate surface area is 434 Å². The zero-order valence-electron chi connectivity index (χ0n) is 46.8. The Kier molecular flexibility index (Phi) is 50.7. The van der Waals surface area contributed by atoms with E-state index in [2.05, 4.69) is 79.9 Å². The summed E-state index contributed by atoms with van der Waals surface area (Å²) in [7, 11) is 1.59. The molecule has 0 saturated heterocycles. The average Bonchev–Trinajstić information content (AvgIpc) is 3.32. The summed E-state index contributed by atoms with van der Waals surface area (Å²) in [6.07, 6.45) is 70.1. The van der Waals surface area contributed by atoms with E-state index < -0.39 is 20.0 Å². The molecule has 0 spiro atoms. The van der Waals surface area contributed by atoms with Crippen molar-refractivity contribution in [1.82, 2.24) is 5.32 Å². The second-order valence-electron chi connectivity index (χ2n) is 21.3. The molecular weight excluding hydrogens is 888 g/mol. The third-order valence-corrected chi connectivity index (χ3v) is 14.3. The van der Waals surface area contributed by atoms with Gasteiger partial charge < -0.3 is 19.8 Å². The number of nitrogens with one attached hydrogen (secondary N) is 1. The van der Waals surface area contributed by atoms with Crippen LogP contribution in [-0.4, -0.2) is 73.4 Å². The Bertz CT molecular complexity index is 1320. The molecule has 0 aromatic carbocycles. The molecule has 0 radical (unpaired) electrons. The number of hydrogen-bond acceptors (Lipinski definition) is 5. The molecule has 0 aromatic rings. The molecule has 0 aromatic heterocycles. The highest BCUT2D eigenvalue weighted by Crippen LogP contribution is 2.43. The molecule has 3 N–H and O–H groups in total. The van der Waals surface area contributed by atoms with Crippen LogP contribution < -0.4 is 5.32 Å². The fourth-order valence-corrected chi connectivity index (χ4v) is 9.40. The van der Waals surface area contributed by atoms with Gasteiger partial charge in [0.2, 0.25) is 5.91 Å². The average molecular weight is 1000 g/mol. The SMILES string of the molecule is CC/C=C\C/C=C\C/C=C\C/C=C\C/C=C\CCCCCC(=O)NC(COP(=O)(O)OCC[N+](C)(C)C)C(O)CCCCCCCCCCCCCCCCCCCCCCCCCCCCCCC. The van der Waals surface area contributed by atoms with E-state index >= 15 is 0 Å². The minimum atomic E-state index is -4.34. The summed E-state index contributed by atoms with van der Waals surface area (Å²) in [4.78, 5) is 23.3. The second kappa shape index (κ2) is 52.1. The summed E-state index contributed by atoms with van der Waals surface area (Å²) >= 11 is 0. The van der Waals surface area contributed by atoms with Crippen LogP contribution in [0.15, 0.2) is 60.8 Å². The van der Waals surface area contributed by atoms with Gasteiger partial charge in [-0.15, -0.1) is 0 Å². The quantitative estimate of drug-likeness (QED) is 0.0243. The summed E-state index contributed by atoms with van der Waals surface area (Å²) < 4.78 is 23.8. The molecule has 0 aliphatic carbocycles. The molecule has 0 heterocycles. The first-order chi connectivity index (χ1) is 34.0. The number of unbranched alkanes of at least 4 members (excludes halogenated alkanes) is 31. The molecule has 0 bridgehead atoms. The van der Waals surface area contributed by atoms with Crippen LogP contribution in [0, 0.1) is 0 Å². The number of nitrogens with zero attached hydrogens (tertiary/aromatic N) is 1. The van der Waals surface area contributed by atoms with Gasteiger partial charge in [0.1, 0.15) is 13.2 Å². The molecule has 1 amide bonds. The Hall–Kier alpha value is -1.80. The molecule has 8 nitrogen and oxygen atoms in total. The van der Waals surface area contributed by atoms with Crippen LogP contribution in [0.2, 0.25) is 0 Å². The number of aliphatic hydroxyl groups excluding tert-OH is 1. The molecule has 0 fully saturated rings. The van der Waals surface area contributed by atoms with Crippen molar-refractivity contribution in [2.45, 2.75) is 283 Å². The number of quaternary nitrogens is 1. The van der Waals surface area contributed by atoms with Crippen molar-refractivity contribution in [3.8, 4) is 0 Å². The molecule has 9 heteroatoms. The molecule has 3 atom stereocenters. The number of hydrogen-bond donors (Lipinski definition) is 3. The van der Waals surface area contributed by atoms with Crippen molar-refractivity contribution in [2.24, 2.45) is 0 Å². The van der Waals surface area contributed by atoms with Gasteiger partial charge in [0.15, 0.2) is 0 Å². The number of phosphoric ester groups is 1. The standard InChI is InChI=1S/C61H115N2O6P/c1-6-8-10-12-14-16-18-20-22-24-26-27-28-29-30-31-32-33-34-35-37-38-40-42-44-46-48-50-52-54-60(64)59(58-69-70(66,67)68-57-56-63(3,4)5)62-61(65)55-53-51-49-47-45-43-41-39-36-25-23-21-19-17-15-13-11-9-7-2/h9,11,15,17,21,23,36,39,43,45,59-60,64H,6-8,10,12-14,16,18-20,22,24-35,37-38,40-42,44,46-58H2,1-5H3,(H-,62,65,66,67)/p+1/b11-9-,17-15-,23-21-,39-36-,45-43-. The fraction of sp³-hybridized carbons (Fsp3) is 0.820. The van der Waals surface area contributed by atoms with Crippen molar-refractivity contribution in [2.75, 3.05) is 40.9 Å². The van der Waals surface area contributed by atoms with Gasteiger partial charge in [0, 0.05) is 6.42 Å². The Balaban J connectivity index is 4.15. The lowest BCUT2D eigenvalue weighted by molar-refractivity contribution is -0.870. The van der Waals surface area contributed by atoms with Crippen LogP contribution >= 0.6 is 7.82 Å². The van der Waals surface area contributed by atoms with E-state index in [0.717, 1.165) is 77.0 Å². The van der Waals surface area contributed by atoms with Crippen LogP contribution in [0.5, 0.6) is 0 Å². The summed E-state index contributed by atoms with van der Waals surface area (Å²) in [5, 5.41) is 14.1. The maximum absolute atomic E-state index is 13.0. The number of aliphatic hydroxyl groups is 1. The molecule has 0 saturated carbocycles. The number of allylic oxidation sites excluding steroid dienone is 10. The van der Waals surface area contributed by atoms with Crippen molar-refractivity contribution in [3.63, 3.8) is 0 Å². The normalized spacial score (nSPS) is 14.3. The summed E-state index contributed by atoms with van der Waals surface area (Å²) in [5.41, 5.74) is 0. The van der Waals surface area contributed by atoms with E-state index in [1.807, 2.05) is 21.1 Å². The number of phosphoric acid groups is 1. The van der Waals surface area contributed by atoms with E-state index in [0.29, 0.717) is 23.9 Å². The number of likely N-dealkylation sites (N-methyl/N-ethyl adjacent to an activating group) is 1. The van der Waals surface area contributed by atoms with E-state index in [1.54, 1.807) is 0 Å². The highest BCUT2D eigenvalue weighted by molar-refractivity contribution is 7.47. The monoisotopic (exact) mass is 1000 g/mol. The van der Waals surface area contributed by atoms with Crippen molar-refractivity contribution >= 4 is 13.7 Å². The smallest absolute Gasteiger partial charge is 0.391 e. The Morgan fingerprint density at radius 3 is 1.24 bits per heavy atom. The third kappa shape index (κ3) is 54.0. The molecular formula is C61H116N2O6P+. The maximum atomic E-state index is 13.0. The summed E-state index contributed by atoms with van der Waals surface area (Å²) in [5.74, 6) is -0.174. The maximum Gasteiger partial charge on any atom is 0.472 e. The van der Waals surface area contributed by atoms with Crippen molar-refractivity contribution in [3.05, 3.63) is 60.8 Å². The first-order valence-corrected chi connectivity index (χ1v) is 31.1. The fourth-order valence-electron chi connectivity index (χ4n) is 8.66. The first kappa shape index (κ1) is 68.2. The second-order valence-corrected chi connectivity index (χ2v) is 22.8. The van der Waals surface area contributed by atoms with Crippen LogP contribution in [0.4, 0.5) is 0 Å². The minimum absolute atomic E-state index is 0.0656. The highest BCUT2D eigenvalue weighted by Gasteiger charge is 2.28. The zero-order chi connectivity index (χ0) is 51.3. The van der Waals surface area contributed by atoms with Crippen molar-refractivity contribution in [1.29, 1.82) is 0 Å². The number of rotatable bonds is 54. The molecule has 0 aliphatic rings. The molecule has 3 unspecified atom stereocenters. The highest BCUT2D eigenvalue weighted by atomic mass is 31.2. The van der Waals surface area contributed by atoms with Gasteiger partial charge in [0.05, 0.1) is 39.9 Å². The summed E-state index contributed by atoms with van der Waals surface area (Å²) in [6.45, 7) is 4.77. The number of amides is 1. The predicted molar refractivity (Wildman–Crippen MR) is 304 cm³/mol. The van der Waals surface area contributed by atoms with Gasteiger partial charge in [-0.05, 0) is 57.8 Å². The lowest BCUT2D eigenvalue weighted by atomic mass is 10.0. The van der Waals surface area contributed by atoms with Gasteiger partial charge >= 0.3 is 7.82 Å². The van der Waals surface area contributed by atoms with Gasteiger partial charge in [-0.3, -0.25) is 13.8 Å². The largest absolute Gasteiger partial charge is 0.472 e. The van der Waals surface area contributed by atoms with Crippen LogP contribution in [0.3, 0.4) is 0 Å². The van der Waals surface area contributed by atoms with E-state index in [4.69, 9.17) is 9.05 Å². The van der Waals surface area contributed by atoms with E-state index in [-0.39, 0.29) is 19.1 Å². The van der Waals surface area contributed by atoms with Crippen LogP contribution in [-0.2, 0) is 18.4 Å². The Morgan fingerprint density at radius 2 is 0.857 bits per heavy atom. The van der Waals surface area contributed by atoms with E-state index in [9.17, 15) is 19.4 Å². The van der Waals surface area contributed by atoms with Crippen LogP contribution in [0.1, 0.15) is 271 Å². The lowest BCUT2D eigenvalue weighted by Gasteiger charge is -2.26. The first-order valence-electron chi connectivity index (χ1n) is 29.7. The van der Waals surface area contributed by atoms with Gasteiger partial charge in [0.25, 0.3) is 0 Å². The van der Waals surface area contributed by atoms with Gasteiger partial charge in [-0.1, -0.05) is 267 Å². The van der Waals surface area contributed by atoms with Crippen molar-refractivity contribution < 1.29 is 32.9 Å². The molecule has 410 valence electrons. The zero-order valence-corrected chi connectivity index (χ0v) is 47.7. The molecule has 70 heavy (non-hydrogen) atoms. The molecule has 0 aliphatic heterocycles. The summed E-state index contributed by atoms with van der Waals surface area (Å²) in [6, 6.07) is -0.782. The topological polar surface area (TPSA) is 105 Å². The third-order valence-electron chi connectivity index (χ3n) is 13.3. The van der Waals surface area contributed by atoms with E-state index in [1.165, 1.54) is 167 Å².